The predicted octanol–water partition coefficient (Wildman–Crippen LogP) is 2.67. The highest BCUT2D eigenvalue weighted by atomic mass is 32.2. The number of likely N-dealkylation sites (tertiary alicyclic amines) is 1. The maximum Gasteiger partial charge on any atom is 0.262 e. The average molecular weight is 441 g/mol. The van der Waals surface area contributed by atoms with Crippen LogP contribution in [0.5, 0.6) is 0 Å². The summed E-state index contributed by atoms with van der Waals surface area (Å²) >= 11 is 1.37. The van der Waals surface area contributed by atoms with Crippen LogP contribution in [0, 0.1) is 0 Å². The van der Waals surface area contributed by atoms with Crippen LogP contribution in [0.3, 0.4) is 0 Å². The minimum atomic E-state index is -0.477. The fourth-order valence-corrected chi connectivity index (χ4v) is 4.61. The number of amidine groups is 1. The van der Waals surface area contributed by atoms with Crippen LogP contribution in [-0.4, -0.2) is 52.7 Å². The molecule has 2 aliphatic heterocycles. The van der Waals surface area contributed by atoms with Crippen molar-refractivity contribution >= 4 is 40.3 Å². The molecule has 0 spiro atoms. The predicted molar refractivity (Wildman–Crippen MR) is 119 cm³/mol. The Bertz CT molecular complexity index is 966. The zero-order valence-corrected chi connectivity index (χ0v) is 17.8. The molecule has 1 fully saturated rings. The maximum absolute atomic E-state index is 12.4. The van der Waals surface area contributed by atoms with Crippen molar-refractivity contribution in [1.29, 1.82) is 0 Å². The van der Waals surface area contributed by atoms with Crippen molar-refractivity contribution in [3.8, 4) is 0 Å². The minimum Gasteiger partial charge on any atom is -0.469 e. The van der Waals surface area contributed by atoms with Crippen LogP contribution >= 0.6 is 11.8 Å². The van der Waals surface area contributed by atoms with Crippen molar-refractivity contribution in [2.24, 2.45) is 4.99 Å². The molecule has 0 radical (unpaired) electrons. The van der Waals surface area contributed by atoms with E-state index in [0.717, 1.165) is 36.9 Å². The summed E-state index contributed by atoms with van der Waals surface area (Å²) in [4.78, 5) is 43.0. The third kappa shape index (κ3) is 5.55. The third-order valence-corrected chi connectivity index (χ3v) is 6.36. The maximum atomic E-state index is 12.4. The van der Waals surface area contributed by atoms with Crippen LogP contribution in [0.15, 0.2) is 52.1 Å². The van der Waals surface area contributed by atoms with Gasteiger partial charge < -0.3 is 20.0 Å². The van der Waals surface area contributed by atoms with Crippen molar-refractivity contribution in [1.82, 2.24) is 10.2 Å². The lowest BCUT2D eigenvalue weighted by Gasteiger charge is -2.16. The first kappa shape index (κ1) is 21.2. The van der Waals surface area contributed by atoms with Gasteiger partial charge in [-0.1, -0.05) is 11.8 Å². The molecule has 1 aromatic carbocycles. The van der Waals surface area contributed by atoms with Gasteiger partial charge in [-0.15, -0.1) is 0 Å². The number of amides is 3. The molecule has 0 saturated carbocycles. The van der Waals surface area contributed by atoms with E-state index in [2.05, 4.69) is 20.5 Å². The summed E-state index contributed by atoms with van der Waals surface area (Å²) in [6.45, 7) is 2.31. The van der Waals surface area contributed by atoms with Crippen LogP contribution in [0.4, 0.5) is 5.69 Å². The molecular weight excluding hydrogens is 416 g/mol. The first-order chi connectivity index (χ1) is 15.1. The first-order valence-electron chi connectivity index (χ1n) is 10.3. The smallest absolute Gasteiger partial charge is 0.262 e. The molecule has 8 nitrogen and oxygen atoms in total. The molecule has 9 heteroatoms. The standard InChI is InChI=1S/C22H24N4O4S/c27-19(14-18-21(29)25-22(31-18)26-11-1-2-12-26)24-16-7-5-15(6-8-16)20(28)23-10-9-17-4-3-13-30-17/h3-8,13,18H,1-2,9-12,14H2,(H,23,28)(H,24,27)/t18-/m1/s1. The van der Waals surface area contributed by atoms with E-state index >= 15 is 0 Å². The SMILES string of the molecule is O=C(C[C@H]1SC(N2CCCC2)=NC1=O)Nc1ccc(C(=O)NCCc2ccco2)cc1. The second-order valence-corrected chi connectivity index (χ2v) is 8.62. The number of thioether (sulfide) groups is 1. The van der Waals surface area contributed by atoms with Gasteiger partial charge in [-0.05, 0) is 49.2 Å². The van der Waals surface area contributed by atoms with Gasteiger partial charge >= 0.3 is 0 Å². The molecule has 3 amide bonds. The van der Waals surface area contributed by atoms with Gasteiger partial charge in [0.1, 0.15) is 11.0 Å². The zero-order valence-electron chi connectivity index (χ0n) is 17.0. The topological polar surface area (TPSA) is 104 Å². The lowest BCUT2D eigenvalue weighted by atomic mass is 10.2. The molecule has 2 N–H and O–H groups in total. The fraction of sp³-hybridized carbons (Fsp3) is 0.364. The molecule has 0 aliphatic carbocycles. The van der Waals surface area contributed by atoms with Gasteiger partial charge in [0.2, 0.25) is 5.91 Å². The normalized spacial score (nSPS) is 18.2. The highest BCUT2D eigenvalue weighted by Gasteiger charge is 2.33. The summed E-state index contributed by atoms with van der Waals surface area (Å²) < 4.78 is 5.24. The Morgan fingerprint density at radius 3 is 2.65 bits per heavy atom. The summed E-state index contributed by atoms with van der Waals surface area (Å²) in [5.74, 6) is 0.127. The number of carbonyl (C=O) groups excluding carboxylic acids is 3. The Morgan fingerprint density at radius 2 is 1.94 bits per heavy atom. The number of anilines is 1. The Morgan fingerprint density at radius 1 is 1.16 bits per heavy atom. The Labute approximate surface area is 184 Å². The summed E-state index contributed by atoms with van der Waals surface area (Å²) in [6.07, 6.45) is 4.51. The van der Waals surface area contributed by atoms with Gasteiger partial charge in [0.25, 0.3) is 11.8 Å². The molecule has 2 aliphatic rings. The molecular formula is C22H24N4O4S. The van der Waals surface area contributed by atoms with Gasteiger partial charge in [-0.3, -0.25) is 14.4 Å². The van der Waals surface area contributed by atoms with E-state index < -0.39 is 5.25 Å². The van der Waals surface area contributed by atoms with E-state index in [1.54, 1.807) is 30.5 Å². The van der Waals surface area contributed by atoms with E-state index in [1.165, 1.54) is 11.8 Å². The quantitative estimate of drug-likeness (QED) is 0.686. The number of benzene rings is 1. The molecule has 162 valence electrons. The molecule has 31 heavy (non-hydrogen) atoms. The highest BCUT2D eigenvalue weighted by Crippen LogP contribution is 2.29. The monoisotopic (exact) mass is 440 g/mol. The molecule has 1 atom stereocenters. The summed E-state index contributed by atoms with van der Waals surface area (Å²) in [5, 5.41) is 5.88. The van der Waals surface area contributed by atoms with Crippen LogP contribution < -0.4 is 10.6 Å². The average Bonchev–Trinajstić information content (AvgIpc) is 3.52. The van der Waals surface area contributed by atoms with E-state index in [4.69, 9.17) is 4.42 Å². The first-order valence-corrected chi connectivity index (χ1v) is 11.2. The largest absolute Gasteiger partial charge is 0.469 e. The Kier molecular flexibility index (Phi) is 6.71. The third-order valence-electron chi connectivity index (χ3n) is 5.14. The van der Waals surface area contributed by atoms with Gasteiger partial charge in [0.15, 0.2) is 5.17 Å². The Balaban J connectivity index is 1.22. The molecule has 0 unspecified atom stereocenters. The van der Waals surface area contributed by atoms with E-state index in [-0.39, 0.29) is 24.1 Å². The molecule has 3 heterocycles. The van der Waals surface area contributed by atoms with Gasteiger partial charge in [0.05, 0.1) is 6.26 Å². The van der Waals surface area contributed by atoms with Crippen molar-refractivity contribution < 1.29 is 18.8 Å². The molecule has 2 aromatic rings. The number of hydrogen-bond donors (Lipinski definition) is 2. The van der Waals surface area contributed by atoms with Gasteiger partial charge in [-0.25, -0.2) is 0 Å². The molecule has 4 rings (SSSR count). The highest BCUT2D eigenvalue weighted by molar-refractivity contribution is 8.15. The van der Waals surface area contributed by atoms with Crippen molar-refractivity contribution in [3.05, 3.63) is 54.0 Å². The van der Waals surface area contributed by atoms with Crippen LogP contribution in [-0.2, 0) is 16.0 Å². The minimum absolute atomic E-state index is 0.0688. The number of furan rings is 1. The van der Waals surface area contributed by atoms with E-state index in [0.29, 0.717) is 24.2 Å². The number of carbonyl (C=O) groups is 3. The summed E-state index contributed by atoms with van der Waals surface area (Å²) in [7, 11) is 0. The number of nitrogens with one attached hydrogen (secondary N) is 2. The van der Waals surface area contributed by atoms with Crippen molar-refractivity contribution in [2.45, 2.75) is 30.9 Å². The zero-order chi connectivity index (χ0) is 21.6. The summed E-state index contributed by atoms with van der Waals surface area (Å²) in [5.41, 5.74) is 1.08. The van der Waals surface area contributed by atoms with E-state index in [9.17, 15) is 14.4 Å². The number of rotatable bonds is 7. The van der Waals surface area contributed by atoms with Crippen molar-refractivity contribution in [2.75, 3.05) is 25.0 Å². The van der Waals surface area contributed by atoms with Gasteiger partial charge in [-0.2, -0.15) is 4.99 Å². The van der Waals surface area contributed by atoms with Crippen LogP contribution in [0.25, 0.3) is 0 Å². The molecule has 1 aromatic heterocycles. The number of aliphatic imine (C=N–C) groups is 1. The van der Waals surface area contributed by atoms with Gasteiger partial charge in [0, 0.05) is 43.7 Å². The van der Waals surface area contributed by atoms with Crippen LogP contribution in [0.2, 0.25) is 0 Å². The Hall–Kier alpha value is -3.07. The second-order valence-electron chi connectivity index (χ2n) is 7.45. The molecule has 0 bridgehead atoms. The number of nitrogens with zero attached hydrogens (tertiary/aromatic N) is 2. The second kappa shape index (κ2) is 9.82. The lowest BCUT2D eigenvalue weighted by molar-refractivity contribution is -0.121. The fourth-order valence-electron chi connectivity index (χ4n) is 3.49. The summed E-state index contributed by atoms with van der Waals surface area (Å²) in [6, 6.07) is 10.3. The lowest BCUT2D eigenvalue weighted by Crippen LogP contribution is -2.26. The van der Waals surface area contributed by atoms with Crippen LogP contribution in [0.1, 0.15) is 35.4 Å². The number of hydrogen-bond acceptors (Lipinski definition) is 6. The van der Waals surface area contributed by atoms with E-state index in [1.807, 2.05) is 12.1 Å². The molecule has 1 saturated heterocycles. The van der Waals surface area contributed by atoms with Crippen molar-refractivity contribution in [3.63, 3.8) is 0 Å².